The van der Waals surface area contributed by atoms with Crippen LogP contribution in [-0.4, -0.2) is 38.0 Å². The lowest BCUT2D eigenvalue weighted by molar-refractivity contribution is -0.169. The van der Waals surface area contributed by atoms with Crippen molar-refractivity contribution in [1.29, 1.82) is 0 Å². The Labute approximate surface area is 149 Å². The summed E-state index contributed by atoms with van der Waals surface area (Å²) in [4.78, 5) is 14.5. The van der Waals surface area contributed by atoms with Gasteiger partial charge in [-0.25, -0.2) is 0 Å². The lowest BCUT2D eigenvalue weighted by Crippen LogP contribution is -2.45. The zero-order valence-electron chi connectivity index (χ0n) is 15.0. The number of carbonyl (C=O) groups excluding carboxylic acids is 1. The largest absolute Gasteiger partial charge is 0.369 e. The van der Waals surface area contributed by atoms with Crippen molar-refractivity contribution >= 4 is 17.3 Å². The number of rotatable bonds is 4. The first kappa shape index (κ1) is 17.7. The van der Waals surface area contributed by atoms with Gasteiger partial charge in [0.1, 0.15) is 0 Å². The highest BCUT2D eigenvalue weighted by molar-refractivity contribution is 6.02. The molecule has 2 saturated heterocycles. The van der Waals surface area contributed by atoms with E-state index in [1.165, 1.54) is 6.08 Å². The molecule has 3 rings (SSSR count). The van der Waals surface area contributed by atoms with E-state index in [9.17, 15) is 4.79 Å². The highest BCUT2D eigenvalue weighted by atomic mass is 16.7. The maximum atomic E-state index is 12.1. The summed E-state index contributed by atoms with van der Waals surface area (Å²) in [5.41, 5.74) is 3.09. The minimum atomic E-state index is -0.391. The summed E-state index contributed by atoms with van der Waals surface area (Å²) < 4.78 is 11.6. The van der Waals surface area contributed by atoms with Crippen LogP contribution in [0.15, 0.2) is 42.5 Å². The van der Waals surface area contributed by atoms with Gasteiger partial charge < -0.3 is 19.7 Å². The number of allylic oxidation sites excluding steroid dienone is 3. The van der Waals surface area contributed by atoms with E-state index in [1.54, 1.807) is 6.08 Å². The summed E-state index contributed by atoms with van der Waals surface area (Å²) in [7, 11) is 0. The molecular weight excluding hydrogens is 316 g/mol. The molecule has 5 nitrogen and oxygen atoms in total. The Kier molecular flexibility index (Phi) is 5.56. The molecule has 5 heteroatoms. The molecule has 1 aromatic carbocycles. The van der Waals surface area contributed by atoms with Crippen LogP contribution in [0.2, 0.25) is 0 Å². The average molecular weight is 342 g/mol. The van der Waals surface area contributed by atoms with E-state index >= 15 is 0 Å². The topological polar surface area (TPSA) is 50.8 Å². The quantitative estimate of drug-likeness (QED) is 0.673. The van der Waals surface area contributed by atoms with E-state index < -0.39 is 5.79 Å². The summed E-state index contributed by atoms with van der Waals surface area (Å²) in [6, 6.07) is 6.00. The summed E-state index contributed by atoms with van der Waals surface area (Å²) in [5, 5.41) is 3.00. The van der Waals surface area contributed by atoms with Gasteiger partial charge in [0, 0.05) is 32.0 Å². The van der Waals surface area contributed by atoms with Gasteiger partial charge in [0.25, 0.3) is 0 Å². The molecule has 0 saturated carbocycles. The van der Waals surface area contributed by atoms with Crippen LogP contribution in [-0.2, 0) is 14.3 Å². The zero-order chi connectivity index (χ0) is 17.7. The van der Waals surface area contributed by atoms with Gasteiger partial charge in [0.05, 0.1) is 24.6 Å². The van der Waals surface area contributed by atoms with Crippen LogP contribution in [0.1, 0.15) is 25.3 Å². The average Bonchev–Trinajstić information content (AvgIpc) is 3.05. The zero-order valence-corrected chi connectivity index (χ0v) is 15.0. The molecule has 1 amide bonds. The molecule has 25 heavy (non-hydrogen) atoms. The monoisotopic (exact) mass is 342 g/mol. The SMILES string of the molecule is C/C=C/C=C/C(=O)Nc1cccc(C)c1N1CCC2(CC1)OCCO2. The molecule has 2 aliphatic rings. The van der Waals surface area contributed by atoms with Gasteiger partial charge in [-0.2, -0.15) is 0 Å². The van der Waals surface area contributed by atoms with Crippen LogP contribution in [0.25, 0.3) is 0 Å². The second-order valence-corrected chi connectivity index (χ2v) is 6.44. The van der Waals surface area contributed by atoms with Gasteiger partial charge in [0.15, 0.2) is 5.79 Å². The third kappa shape index (κ3) is 4.11. The van der Waals surface area contributed by atoms with E-state index in [-0.39, 0.29) is 5.91 Å². The molecule has 0 aromatic heterocycles. The Morgan fingerprint density at radius 3 is 2.60 bits per heavy atom. The molecular formula is C20H26N2O3. The van der Waals surface area contributed by atoms with E-state index in [0.29, 0.717) is 13.2 Å². The number of aryl methyl sites for hydroxylation is 1. The molecule has 2 aliphatic heterocycles. The fourth-order valence-electron chi connectivity index (χ4n) is 3.46. The molecule has 0 bridgehead atoms. The Balaban J connectivity index is 1.74. The summed E-state index contributed by atoms with van der Waals surface area (Å²) >= 11 is 0. The van der Waals surface area contributed by atoms with Gasteiger partial charge in [0.2, 0.25) is 5.91 Å². The molecule has 1 spiro atoms. The first-order valence-corrected chi connectivity index (χ1v) is 8.86. The molecule has 2 heterocycles. The first-order valence-electron chi connectivity index (χ1n) is 8.86. The van der Waals surface area contributed by atoms with Crippen molar-refractivity contribution in [2.45, 2.75) is 32.5 Å². The number of ether oxygens (including phenoxy) is 2. The van der Waals surface area contributed by atoms with Crippen molar-refractivity contribution in [3.63, 3.8) is 0 Å². The van der Waals surface area contributed by atoms with Crippen molar-refractivity contribution in [3.8, 4) is 0 Å². The van der Waals surface area contributed by atoms with Crippen LogP contribution in [0, 0.1) is 6.92 Å². The number of anilines is 2. The number of piperidine rings is 1. The molecule has 0 atom stereocenters. The Hall–Kier alpha value is -2.11. The highest BCUT2D eigenvalue weighted by Crippen LogP contribution is 2.37. The summed E-state index contributed by atoms with van der Waals surface area (Å²) in [5.74, 6) is -0.515. The van der Waals surface area contributed by atoms with E-state index in [0.717, 1.165) is 42.9 Å². The van der Waals surface area contributed by atoms with E-state index in [2.05, 4.69) is 23.2 Å². The van der Waals surface area contributed by atoms with E-state index in [1.807, 2.05) is 31.2 Å². The minimum absolute atomic E-state index is 0.124. The van der Waals surface area contributed by atoms with Crippen molar-refractivity contribution in [2.75, 3.05) is 36.5 Å². The maximum absolute atomic E-state index is 12.1. The van der Waals surface area contributed by atoms with Crippen LogP contribution >= 0.6 is 0 Å². The van der Waals surface area contributed by atoms with Crippen LogP contribution < -0.4 is 10.2 Å². The minimum Gasteiger partial charge on any atom is -0.369 e. The second-order valence-electron chi connectivity index (χ2n) is 6.44. The maximum Gasteiger partial charge on any atom is 0.248 e. The number of hydrogen-bond acceptors (Lipinski definition) is 4. The van der Waals surface area contributed by atoms with Gasteiger partial charge in [-0.1, -0.05) is 30.4 Å². The van der Waals surface area contributed by atoms with Crippen LogP contribution in [0.3, 0.4) is 0 Å². The Morgan fingerprint density at radius 2 is 1.92 bits per heavy atom. The van der Waals surface area contributed by atoms with Gasteiger partial charge in [-0.3, -0.25) is 4.79 Å². The van der Waals surface area contributed by atoms with Gasteiger partial charge >= 0.3 is 0 Å². The molecule has 134 valence electrons. The van der Waals surface area contributed by atoms with Crippen molar-refractivity contribution < 1.29 is 14.3 Å². The lowest BCUT2D eigenvalue weighted by atomic mass is 10.0. The Morgan fingerprint density at radius 1 is 1.20 bits per heavy atom. The normalized spacial score (nSPS) is 20.0. The third-order valence-electron chi connectivity index (χ3n) is 4.70. The fraction of sp³-hybridized carbons (Fsp3) is 0.450. The third-order valence-corrected chi connectivity index (χ3v) is 4.70. The molecule has 0 radical (unpaired) electrons. The van der Waals surface area contributed by atoms with Crippen molar-refractivity contribution in [3.05, 3.63) is 48.1 Å². The van der Waals surface area contributed by atoms with Crippen molar-refractivity contribution in [1.82, 2.24) is 0 Å². The molecule has 0 aliphatic carbocycles. The van der Waals surface area contributed by atoms with Gasteiger partial charge in [-0.05, 0) is 25.5 Å². The van der Waals surface area contributed by atoms with Crippen molar-refractivity contribution in [2.24, 2.45) is 0 Å². The Bertz CT molecular complexity index is 666. The van der Waals surface area contributed by atoms with E-state index in [4.69, 9.17) is 9.47 Å². The standard InChI is InChI=1S/C20H26N2O3/c1-3-4-5-9-18(23)21-17-8-6-7-16(2)19(17)22-12-10-20(11-13-22)24-14-15-25-20/h3-9H,10-15H2,1-2H3,(H,21,23)/b4-3+,9-5+. The summed E-state index contributed by atoms with van der Waals surface area (Å²) in [6.07, 6.45) is 8.69. The number of carbonyl (C=O) groups is 1. The molecule has 1 aromatic rings. The number of para-hydroxylation sites is 1. The second kappa shape index (κ2) is 7.85. The van der Waals surface area contributed by atoms with Crippen LogP contribution in [0.5, 0.6) is 0 Å². The number of nitrogens with zero attached hydrogens (tertiary/aromatic N) is 1. The predicted octanol–water partition coefficient (Wildman–Crippen LogP) is 3.41. The molecule has 0 unspecified atom stereocenters. The predicted molar refractivity (Wildman–Crippen MR) is 99.8 cm³/mol. The number of nitrogens with one attached hydrogen (secondary N) is 1. The smallest absolute Gasteiger partial charge is 0.248 e. The molecule has 1 N–H and O–H groups in total. The highest BCUT2D eigenvalue weighted by Gasteiger charge is 2.40. The summed E-state index contributed by atoms with van der Waals surface area (Å²) in [6.45, 7) is 7.06. The number of benzene rings is 1. The fourth-order valence-corrected chi connectivity index (χ4v) is 3.46. The van der Waals surface area contributed by atoms with Gasteiger partial charge in [-0.15, -0.1) is 0 Å². The lowest BCUT2D eigenvalue weighted by Gasteiger charge is -2.39. The first-order chi connectivity index (χ1) is 12.1. The number of amides is 1. The molecule has 2 fully saturated rings. The number of hydrogen-bond donors (Lipinski definition) is 1. The van der Waals surface area contributed by atoms with Crippen LogP contribution in [0.4, 0.5) is 11.4 Å².